The van der Waals surface area contributed by atoms with Crippen molar-refractivity contribution < 1.29 is 18.7 Å². The topological polar surface area (TPSA) is 189 Å². The highest BCUT2D eigenvalue weighted by Gasteiger charge is 2.46. The van der Waals surface area contributed by atoms with Crippen LogP contribution in [0.15, 0.2) is 29.4 Å². The molecule has 1 amide bonds. The van der Waals surface area contributed by atoms with E-state index >= 15 is 0 Å². The second-order valence-electron chi connectivity index (χ2n) is 11.1. The molecule has 4 aromatic heterocycles. The van der Waals surface area contributed by atoms with Crippen LogP contribution in [0.5, 0.6) is 0 Å². The lowest BCUT2D eigenvalue weighted by Gasteiger charge is -2.38. The van der Waals surface area contributed by atoms with E-state index in [1.807, 2.05) is 17.0 Å². The van der Waals surface area contributed by atoms with Crippen molar-refractivity contribution in [1.82, 2.24) is 39.7 Å². The average molecular weight is 564 g/mol. The number of carbonyl (C=O) groups excluding carboxylic acids is 1. The Balaban J connectivity index is 1.25. The standard InChI is InChI=1S/C26H29N9O4S/c1-13-30-23(33-32-13)25(36)34-16-4-5-17(34)10-15(9-16)20-21(40(38)39)22(27)35-24(31-20)18(12-29-35)14-3-6-19(28-11-14)26(37)7-2-8-26/h3,6,11-12,15-17,37H,2,4-5,7-10,27H2,1H3,(H,38,39)(H,30,32,33)/t15?,16-,17+. The molecule has 1 aliphatic carbocycles. The van der Waals surface area contributed by atoms with Gasteiger partial charge < -0.3 is 20.3 Å². The molecular formula is C26H29N9O4S. The molecule has 6 heterocycles. The summed E-state index contributed by atoms with van der Waals surface area (Å²) in [4.78, 5) is 28.8. The van der Waals surface area contributed by atoms with Crippen LogP contribution in [0.4, 0.5) is 5.82 Å². The molecule has 3 aliphatic rings. The molecule has 4 aromatic rings. The van der Waals surface area contributed by atoms with Crippen molar-refractivity contribution in [3.05, 3.63) is 47.6 Å². The second-order valence-corrected chi connectivity index (χ2v) is 12.0. The first kappa shape index (κ1) is 25.2. The number of fused-ring (bicyclic) bond motifs is 3. The van der Waals surface area contributed by atoms with Crippen molar-refractivity contribution in [2.24, 2.45) is 0 Å². The van der Waals surface area contributed by atoms with Crippen molar-refractivity contribution in [2.45, 2.75) is 80.4 Å². The molecule has 14 heteroatoms. The zero-order valence-electron chi connectivity index (χ0n) is 21.8. The van der Waals surface area contributed by atoms with E-state index < -0.39 is 16.7 Å². The number of hydrogen-bond acceptors (Lipinski definition) is 9. The van der Waals surface area contributed by atoms with Crippen LogP contribution in [0, 0.1) is 6.92 Å². The van der Waals surface area contributed by atoms with Crippen LogP contribution in [0.25, 0.3) is 16.8 Å². The number of pyridine rings is 1. The van der Waals surface area contributed by atoms with Crippen molar-refractivity contribution in [2.75, 3.05) is 5.73 Å². The van der Waals surface area contributed by atoms with Crippen molar-refractivity contribution in [3.63, 3.8) is 0 Å². The quantitative estimate of drug-likeness (QED) is 0.262. The van der Waals surface area contributed by atoms with E-state index in [1.165, 1.54) is 4.52 Å². The molecule has 2 aliphatic heterocycles. The number of amides is 1. The first-order chi connectivity index (χ1) is 19.2. The highest BCUT2D eigenvalue weighted by atomic mass is 32.2. The van der Waals surface area contributed by atoms with Gasteiger partial charge in [0, 0.05) is 35.3 Å². The molecule has 0 spiro atoms. The number of hydrogen-bond donors (Lipinski definition) is 4. The predicted octanol–water partition coefficient (Wildman–Crippen LogP) is 2.30. The number of nitrogens with two attached hydrogens (primary N) is 1. The Morgan fingerprint density at radius 3 is 2.50 bits per heavy atom. The SMILES string of the molecule is Cc1nc(C(=O)N2[C@@H]3CC[C@H]2CC(c2nc4c(-c5ccc(C6(O)CCC6)nc5)cnn4c(N)c2S(=O)O)C3)n[nH]1. The summed E-state index contributed by atoms with van der Waals surface area (Å²) in [6, 6.07) is 3.57. The average Bonchev–Trinajstić information content (AvgIpc) is 3.62. The minimum Gasteiger partial charge on any atom is -0.384 e. The van der Waals surface area contributed by atoms with Crippen molar-refractivity contribution >= 4 is 28.5 Å². The Hall–Kier alpha value is -3.75. The zero-order chi connectivity index (χ0) is 27.8. The molecule has 208 valence electrons. The summed E-state index contributed by atoms with van der Waals surface area (Å²) in [6.07, 6.45) is 8.49. The third-order valence-corrected chi connectivity index (χ3v) is 9.48. The van der Waals surface area contributed by atoms with Crippen LogP contribution >= 0.6 is 0 Å². The Labute approximate surface area is 231 Å². The molecule has 0 radical (unpaired) electrons. The second kappa shape index (κ2) is 9.14. The first-order valence-corrected chi connectivity index (χ1v) is 14.5. The van der Waals surface area contributed by atoms with Crippen molar-refractivity contribution in [1.29, 1.82) is 0 Å². The number of carbonyl (C=O) groups is 1. The van der Waals surface area contributed by atoms with Gasteiger partial charge in [-0.2, -0.15) is 9.61 Å². The lowest BCUT2D eigenvalue weighted by molar-refractivity contribution is -0.0426. The number of H-pyrrole nitrogens is 1. The van der Waals surface area contributed by atoms with Gasteiger partial charge in [0.05, 0.1) is 17.6 Å². The molecule has 4 atom stereocenters. The summed E-state index contributed by atoms with van der Waals surface area (Å²) in [5.74, 6) is 0.410. The molecule has 0 aromatic carbocycles. The van der Waals surface area contributed by atoms with Gasteiger partial charge in [0.15, 0.2) is 16.7 Å². The fourth-order valence-electron chi connectivity index (χ4n) is 6.56. The maximum atomic E-state index is 13.2. The molecule has 2 bridgehead atoms. The smallest absolute Gasteiger partial charge is 0.294 e. The molecule has 2 unspecified atom stereocenters. The van der Waals surface area contributed by atoms with Crippen LogP contribution in [-0.4, -0.2) is 71.5 Å². The molecule has 7 rings (SSSR count). The lowest BCUT2D eigenvalue weighted by Crippen LogP contribution is -2.46. The van der Waals surface area contributed by atoms with E-state index in [2.05, 4.69) is 25.3 Å². The number of aryl methyl sites for hydroxylation is 1. The Morgan fingerprint density at radius 1 is 1.18 bits per heavy atom. The maximum Gasteiger partial charge on any atom is 0.294 e. The summed E-state index contributed by atoms with van der Waals surface area (Å²) in [6.45, 7) is 1.75. The zero-order valence-corrected chi connectivity index (χ0v) is 22.6. The highest BCUT2D eigenvalue weighted by molar-refractivity contribution is 7.79. The summed E-state index contributed by atoms with van der Waals surface area (Å²) < 4.78 is 24.2. The largest absolute Gasteiger partial charge is 0.384 e. The molecule has 5 N–H and O–H groups in total. The molecular weight excluding hydrogens is 534 g/mol. The summed E-state index contributed by atoms with van der Waals surface area (Å²) in [5.41, 5.74) is 8.56. The maximum absolute atomic E-state index is 13.2. The van der Waals surface area contributed by atoms with E-state index in [-0.39, 0.29) is 40.4 Å². The molecule has 1 saturated carbocycles. The Kier molecular flexibility index (Phi) is 5.77. The third-order valence-electron chi connectivity index (χ3n) is 8.71. The van der Waals surface area contributed by atoms with Crippen LogP contribution in [0.3, 0.4) is 0 Å². The number of aromatic amines is 1. The van der Waals surface area contributed by atoms with Crippen LogP contribution in [0.1, 0.15) is 78.7 Å². The fraction of sp³-hybridized carbons (Fsp3) is 0.462. The number of rotatable bonds is 5. The van der Waals surface area contributed by atoms with Crippen LogP contribution in [-0.2, 0) is 16.7 Å². The monoisotopic (exact) mass is 563 g/mol. The predicted molar refractivity (Wildman–Crippen MR) is 143 cm³/mol. The first-order valence-electron chi connectivity index (χ1n) is 13.4. The number of nitrogens with one attached hydrogen (secondary N) is 1. The molecule has 13 nitrogen and oxygen atoms in total. The van der Waals surface area contributed by atoms with Gasteiger partial charge in [-0.1, -0.05) is 6.07 Å². The van der Waals surface area contributed by atoms with Gasteiger partial charge in [-0.3, -0.25) is 14.9 Å². The minimum absolute atomic E-state index is 0.0524. The van der Waals surface area contributed by atoms with Crippen LogP contribution in [0.2, 0.25) is 0 Å². The number of aliphatic hydroxyl groups is 1. The molecule has 40 heavy (non-hydrogen) atoms. The normalized spacial score (nSPS) is 24.3. The summed E-state index contributed by atoms with van der Waals surface area (Å²) >= 11 is -2.39. The number of piperidine rings is 1. The molecule has 2 saturated heterocycles. The van der Waals surface area contributed by atoms with Gasteiger partial charge in [0.2, 0.25) is 5.82 Å². The van der Waals surface area contributed by atoms with Gasteiger partial charge in [-0.15, -0.1) is 5.10 Å². The number of nitrogen functional groups attached to an aromatic ring is 1. The van der Waals surface area contributed by atoms with Crippen LogP contribution < -0.4 is 5.73 Å². The van der Waals surface area contributed by atoms with Gasteiger partial charge in [0.1, 0.15) is 22.1 Å². The summed E-state index contributed by atoms with van der Waals surface area (Å²) in [7, 11) is 0. The van der Waals surface area contributed by atoms with E-state index in [9.17, 15) is 18.7 Å². The highest BCUT2D eigenvalue weighted by Crippen LogP contribution is 2.45. The van der Waals surface area contributed by atoms with Gasteiger partial charge in [-0.25, -0.2) is 14.2 Å². The summed E-state index contributed by atoms with van der Waals surface area (Å²) in [5, 5.41) is 21.8. The lowest BCUT2D eigenvalue weighted by atomic mass is 9.77. The van der Waals surface area contributed by atoms with E-state index in [1.54, 1.807) is 19.3 Å². The van der Waals surface area contributed by atoms with Gasteiger partial charge in [0.25, 0.3) is 5.91 Å². The van der Waals surface area contributed by atoms with E-state index in [0.717, 1.165) is 24.8 Å². The van der Waals surface area contributed by atoms with Crippen molar-refractivity contribution in [3.8, 4) is 11.1 Å². The Bertz CT molecular complexity index is 1650. The van der Waals surface area contributed by atoms with E-state index in [4.69, 9.17) is 10.7 Å². The van der Waals surface area contributed by atoms with E-state index in [0.29, 0.717) is 54.1 Å². The molecule has 3 fully saturated rings. The third kappa shape index (κ3) is 3.84. The minimum atomic E-state index is -2.39. The number of aromatic nitrogens is 7. The van der Waals surface area contributed by atoms with Gasteiger partial charge in [-0.05, 0) is 57.9 Å². The number of anilines is 1. The fourth-order valence-corrected chi connectivity index (χ4v) is 7.22. The Morgan fingerprint density at radius 2 is 1.93 bits per heavy atom. The number of nitrogens with zero attached hydrogens (tertiary/aromatic N) is 7. The van der Waals surface area contributed by atoms with Gasteiger partial charge >= 0.3 is 0 Å².